The van der Waals surface area contributed by atoms with Crippen molar-refractivity contribution in [3.05, 3.63) is 77.0 Å². The number of nitrogens with one attached hydrogen (secondary N) is 1. The molecule has 1 heterocycles. The van der Waals surface area contributed by atoms with Crippen molar-refractivity contribution in [2.75, 3.05) is 11.9 Å². The fraction of sp³-hybridized carbons (Fsp3) is 0.158. The van der Waals surface area contributed by atoms with Gasteiger partial charge in [-0.25, -0.2) is 17.6 Å². The minimum atomic E-state index is -1.50. The van der Waals surface area contributed by atoms with Crippen molar-refractivity contribution in [3.63, 3.8) is 0 Å². The van der Waals surface area contributed by atoms with Crippen LogP contribution in [0.25, 0.3) is 0 Å². The van der Waals surface area contributed by atoms with E-state index >= 15 is 0 Å². The van der Waals surface area contributed by atoms with Crippen LogP contribution in [0.15, 0.2) is 42.6 Å². The summed E-state index contributed by atoms with van der Waals surface area (Å²) in [5.74, 6) is -5.70. The zero-order chi connectivity index (χ0) is 20.3. The number of amides is 1. The first kappa shape index (κ1) is 19.4. The van der Waals surface area contributed by atoms with Gasteiger partial charge in [0.1, 0.15) is 5.75 Å². The molecule has 28 heavy (non-hydrogen) atoms. The first-order valence-corrected chi connectivity index (χ1v) is 8.28. The van der Waals surface area contributed by atoms with Gasteiger partial charge in [-0.3, -0.25) is 9.48 Å². The third-order valence-corrected chi connectivity index (χ3v) is 3.83. The zero-order valence-corrected chi connectivity index (χ0v) is 14.7. The van der Waals surface area contributed by atoms with Crippen molar-refractivity contribution < 1.29 is 27.1 Å². The summed E-state index contributed by atoms with van der Waals surface area (Å²) in [4.78, 5) is 12.2. The number of aromatic nitrogens is 2. The maximum absolute atomic E-state index is 13.8. The average molecular weight is 393 g/mol. The predicted octanol–water partition coefficient (Wildman–Crippen LogP) is 4.14. The molecule has 0 radical (unpaired) electrons. The van der Waals surface area contributed by atoms with Gasteiger partial charge in [-0.15, -0.1) is 0 Å². The molecule has 1 N–H and O–H groups in total. The van der Waals surface area contributed by atoms with Crippen molar-refractivity contribution in [3.8, 4) is 5.75 Å². The summed E-state index contributed by atoms with van der Waals surface area (Å²) in [6.45, 7) is 1.79. The van der Waals surface area contributed by atoms with Crippen molar-refractivity contribution in [1.29, 1.82) is 0 Å². The summed E-state index contributed by atoms with van der Waals surface area (Å²) in [7, 11) is 0. The second-order valence-corrected chi connectivity index (χ2v) is 5.76. The summed E-state index contributed by atoms with van der Waals surface area (Å²) < 4.78 is 60.4. The van der Waals surface area contributed by atoms with E-state index in [0.717, 1.165) is 4.68 Å². The Morgan fingerprint density at radius 1 is 1.07 bits per heavy atom. The number of hydrogen-bond donors (Lipinski definition) is 1. The number of nitrogens with zero attached hydrogens (tertiary/aromatic N) is 2. The van der Waals surface area contributed by atoms with Gasteiger partial charge >= 0.3 is 0 Å². The van der Waals surface area contributed by atoms with Gasteiger partial charge in [-0.05, 0) is 31.2 Å². The van der Waals surface area contributed by atoms with E-state index in [0.29, 0.717) is 17.9 Å². The third kappa shape index (κ3) is 4.13. The lowest BCUT2D eigenvalue weighted by molar-refractivity contribution is 0.102. The lowest BCUT2D eigenvalue weighted by Gasteiger charge is -2.07. The molecule has 0 fully saturated rings. The van der Waals surface area contributed by atoms with Gasteiger partial charge in [-0.1, -0.05) is 0 Å². The smallest absolute Gasteiger partial charge is 0.256 e. The maximum Gasteiger partial charge on any atom is 0.256 e. The summed E-state index contributed by atoms with van der Waals surface area (Å²) in [5, 5.41) is 6.46. The lowest BCUT2D eigenvalue weighted by Crippen LogP contribution is -2.13. The highest BCUT2D eigenvalue weighted by Crippen LogP contribution is 2.20. The average Bonchev–Trinajstić information content (AvgIpc) is 3.11. The summed E-state index contributed by atoms with van der Waals surface area (Å²) in [5.41, 5.74) is -0.452. The Morgan fingerprint density at radius 2 is 1.71 bits per heavy atom. The molecule has 1 amide bonds. The Bertz CT molecular complexity index is 977. The number of hydrogen-bond acceptors (Lipinski definition) is 3. The number of anilines is 1. The van der Waals surface area contributed by atoms with E-state index in [4.69, 9.17) is 4.74 Å². The predicted molar refractivity (Wildman–Crippen MR) is 93.2 cm³/mol. The van der Waals surface area contributed by atoms with Crippen LogP contribution >= 0.6 is 0 Å². The Morgan fingerprint density at radius 3 is 2.32 bits per heavy atom. The molecule has 5 nitrogen and oxygen atoms in total. The molecule has 9 heteroatoms. The van der Waals surface area contributed by atoms with E-state index < -0.39 is 41.3 Å². The van der Waals surface area contributed by atoms with E-state index in [2.05, 4.69) is 10.4 Å². The molecule has 0 saturated carbocycles. The molecule has 0 atom stereocenters. The monoisotopic (exact) mass is 393 g/mol. The highest BCUT2D eigenvalue weighted by molar-refractivity contribution is 6.03. The summed E-state index contributed by atoms with van der Waals surface area (Å²) >= 11 is 0. The van der Waals surface area contributed by atoms with E-state index in [9.17, 15) is 22.4 Å². The molecule has 0 unspecified atom stereocenters. The fourth-order valence-electron chi connectivity index (χ4n) is 2.50. The minimum absolute atomic E-state index is 0.108. The van der Waals surface area contributed by atoms with Gasteiger partial charge in [0, 0.05) is 23.9 Å². The molecule has 2 aromatic carbocycles. The Labute approximate surface area is 157 Å². The molecular formula is C19H15F4N3O2. The quantitative estimate of drug-likeness (QED) is 0.506. The van der Waals surface area contributed by atoms with Gasteiger partial charge < -0.3 is 10.1 Å². The second-order valence-electron chi connectivity index (χ2n) is 5.76. The van der Waals surface area contributed by atoms with Crippen LogP contribution in [-0.4, -0.2) is 22.3 Å². The number of ether oxygens (including phenoxy) is 1. The van der Waals surface area contributed by atoms with Gasteiger partial charge in [-0.2, -0.15) is 5.10 Å². The first-order valence-electron chi connectivity index (χ1n) is 8.28. The molecule has 3 rings (SSSR count). The number of rotatable bonds is 6. The van der Waals surface area contributed by atoms with Gasteiger partial charge in [0.2, 0.25) is 0 Å². The number of carbonyl (C=O) groups is 1. The molecule has 1 aromatic heterocycles. The van der Waals surface area contributed by atoms with Crippen LogP contribution < -0.4 is 10.1 Å². The van der Waals surface area contributed by atoms with Gasteiger partial charge in [0.05, 0.1) is 18.7 Å². The first-order chi connectivity index (χ1) is 13.4. The lowest BCUT2D eigenvalue weighted by atomic mass is 10.2. The molecule has 0 saturated heterocycles. The molecule has 3 aromatic rings. The topological polar surface area (TPSA) is 56.1 Å². The highest BCUT2D eigenvalue weighted by Gasteiger charge is 2.19. The van der Waals surface area contributed by atoms with Crippen molar-refractivity contribution >= 4 is 11.7 Å². The molecular weight excluding hydrogens is 378 g/mol. The van der Waals surface area contributed by atoms with Gasteiger partial charge in [0.15, 0.2) is 29.1 Å². The molecule has 0 bridgehead atoms. The number of benzene rings is 2. The third-order valence-electron chi connectivity index (χ3n) is 3.83. The van der Waals surface area contributed by atoms with E-state index in [1.165, 1.54) is 12.3 Å². The van der Waals surface area contributed by atoms with E-state index in [1.807, 2.05) is 6.92 Å². The minimum Gasteiger partial charge on any atom is -0.494 e. The molecule has 0 aliphatic carbocycles. The van der Waals surface area contributed by atoms with Crippen molar-refractivity contribution in [2.24, 2.45) is 0 Å². The normalized spacial score (nSPS) is 10.8. The summed E-state index contributed by atoms with van der Waals surface area (Å²) in [6, 6.07) is 7.94. The standard InChI is InChI=1S/C19H15F4N3O2/c1-2-28-12-5-3-11(4-6-12)19(27)24-16-7-8-26(25-16)10-13-17(22)14(20)9-15(21)18(13)23/h3-9H,2,10H2,1H3,(H,24,25,27). The largest absolute Gasteiger partial charge is 0.494 e. The van der Waals surface area contributed by atoms with Gasteiger partial charge in [0.25, 0.3) is 5.91 Å². The van der Waals surface area contributed by atoms with Crippen molar-refractivity contribution in [1.82, 2.24) is 9.78 Å². The number of carbonyl (C=O) groups excluding carboxylic acids is 1. The molecule has 0 aliphatic heterocycles. The van der Waals surface area contributed by atoms with Crippen LogP contribution in [0.5, 0.6) is 5.75 Å². The highest BCUT2D eigenvalue weighted by atomic mass is 19.2. The second kappa shape index (κ2) is 8.12. The SMILES string of the molecule is CCOc1ccc(C(=O)Nc2ccn(Cc3c(F)c(F)cc(F)c3F)n2)cc1. The Hall–Kier alpha value is -3.36. The van der Waals surface area contributed by atoms with Crippen LogP contribution in [0.4, 0.5) is 23.4 Å². The molecule has 0 spiro atoms. The maximum atomic E-state index is 13.8. The van der Waals surface area contributed by atoms with Crippen LogP contribution in [0.3, 0.4) is 0 Å². The Kier molecular flexibility index (Phi) is 5.62. The van der Waals surface area contributed by atoms with Crippen LogP contribution in [0.2, 0.25) is 0 Å². The molecule has 0 aliphatic rings. The van der Waals surface area contributed by atoms with Crippen molar-refractivity contribution in [2.45, 2.75) is 13.5 Å². The van der Waals surface area contributed by atoms with Crippen LogP contribution in [0, 0.1) is 23.3 Å². The zero-order valence-electron chi connectivity index (χ0n) is 14.7. The van der Waals surface area contributed by atoms with E-state index in [1.54, 1.807) is 24.3 Å². The van der Waals surface area contributed by atoms with Crippen LogP contribution in [-0.2, 0) is 6.54 Å². The van der Waals surface area contributed by atoms with E-state index in [-0.39, 0.29) is 11.9 Å². The molecule has 146 valence electrons. The fourth-order valence-corrected chi connectivity index (χ4v) is 2.50. The summed E-state index contributed by atoms with van der Waals surface area (Å²) in [6.07, 6.45) is 1.31. The number of halogens is 4. The Balaban J connectivity index is 1.72. The van der Waals surface area contributed by atoms with Crippen LogP contribution in [0.1, 0.15) is 22.8 Å².